The van der Waals surface area contributed by atoms with Crippen LogP contribution in [0.4, 0.5) is 4.39 Å². The molecule has 1 heterocycles. The monoisotopic (exact) mass is 308 g/mol. The molecule has 122 valence electrons. The largest absolute Gasteiger partial charge is 0.497 e. The average molecular weight is 308 g/mol. The smallest absolute Gasteiger partial charge is 0.493 e. The molecule has 0 saturated carbocycles. The Morgan fingerprint density at radius 3 is 2.14 bits per heavy atom. The Balaban J connectivity index is 2.21. The fraction of sp³-hybridized carbons (Fsp3) is 0.647. The molecule has 1 aliphatic heterocycles. The van der Waals surface area contributed by atoms with Gasteiger partial charge in [0.05, 0.1) is 17.8 Å². The van der Waals surface area contributed by atoms with Crippen LogP contribution in [-0.2, 0) is 9.31 Å². The molecule has 0 aliphatic carbocycles. The van der Waals surface area contributed by atoms with Gasteiger partial charge in [0.15, 0.2) is 0 Å². The predicted octanol–water partition coefficient (Wildman–Crippen LogP) is 3.55. The molecule has 0 radical (unpaired) electrons. The second-order valence-electron chi connectivity index (χ2n) is 8.12. The van der Waals surface area contributed by atoms with Crippen molar-refractivity contribution in [3.05, 3.63) is 24.0 Å². The summed E-state index contributed by atoms with van der Waals surface area (Å²) in [5, 5.41) is 0. The van der Waals surface area contributed by atoms with E-state index in [1.165, 1.54) is 6.07 Å². The van der Waals surface area contributed by atoms with Crippen LogP contribution in [0.15, 0.2) is 18.2 Å². The van der Waals surface area contributed by atoms with Gasteiger partial charge in [-0.25, -0.2) is 4.39 Å². The van der Waals surface area contributed by atoms with Gasteiger partial charge in [-0.15, -0.1) is 0 Å². The average Bonchev–Trinajstić information content (AvgIpc) is 2.56. The van der Waals surface area contributed by atoms with Crippen LogP contribution in [0.5, 0.6) is 5.75 Å². The molecular formula is C17H26BFO3. The summed E-state index contributed by atoms with van der Waals surface area (Å²) in [6, 6.07) is 4.71. The quantitative estimate of drug-likeness (QED) is 0.799. The molecule has 0 unspecified atom stereocenters. The summed E-state index contributed by atoms with van der Waals surface area (Å²) in [7, 11) is -0.719. The highest BCUT2D eigenvalue weighted by molar-refractivity contribution is 6.62. The summed E-state index contributed by atoms with van der Waals surface area (Å²) in [6.07, 6.45) is 0. The standard InChI is InChI=1S/C17H26BFO3/c1-15(2,3)11-20-12-8-9-14(19)13(10-12)18-21-16(4,5)17(6,7)22-18/h8-10H,11H2,1-7H3. The van der Waals surface area contributed by atoms with Gasteiger partial charge in [0.2, 0.25) is 0 Å². The van der Waals surface area contributed by atoms with E-state index in [1.54, 1.807) is 12.1 Å². The van der Waals surface area contributed by atoms with Gasteiger partial charge in [0.25, 0.3) is 0 Å². The van der Waals surface area contributed by atoms with Gasteiger partial charge in [-0.1, -0.05) is 20.8 Å². The van der Waals surface area contributed by atoms with Crippen LogP contribution in [-0.4, -0.2) is 24.9 Å². The Morgan fingerprint density at radius 2 is 1.64 bits per heavy atom. The number of rotatable bonds is 3. The summed E-state index contributed by atoms with van der Waals surface area (Å²) in [4.78, 5) is 0. The van der Waals surface area contributed by atoms with E-state index in [0.717, 1.165) is 0 Å². The van der Waals surface area contributed by atoms with Crippen LogP contribution in [0, 0.1) is 11.2 Å². The van der Waals surface area contributed by atoms with Crippen molar-refractivity contribution < 1.29 is 18.4 Å². The molecule has 1 aliphatic rings. The highest BCUT2D eigenvalue weighted by Gasteiger charge is 2.52. The van der Waals surface area contributed by atoms with E-state index in [1.807, 2.05) is 27.7 Å². The van der Waals surface area contributed by atoms with Gasteiger partial charge in [-0.2, -0.15) is 0 Å². The van der Waals surface area contributed by atoms with Gasteiger partial charge in [0.1, 0.15) is 11.6 Å². The lowest BCUT2D eigenvalue weighted by Crippen LogP contribution is -2.41. The lowest BCUT2D eigenvalue weighted by Gasteiger charge is -2.32. The third-order valence-corrected chi connectivity index (χ3v) is 4.15. The molecule has 0 N–H and O–H groups in total. The first-order valence-electron chi connectivity index (χ1n) is 7.69. The number of benzene rings is 1. The van der Waals surface area contributed by atoms with E-state index in [4.69, 9.17) is 14.0 Å². The van der Waals surface area contributed by atoms with Crippen molar-refractivity contribution in [1.82, 2.24) is 0 Å². The molecule has 1 aromatic rings. The van der Waals surface area contributed by atoms with Gasteiger partial charge in [-0.3, -0.25) is 0 Å². The molecule has 1 fully saturated rings. The van der Waals surface area contributed by atoms with E-state index in [2.05, 4.69) is 20.8 Å². The molecular weight excluding hydrogens is 282 g/mol. The summed E-state index contributed by atoms with van der Waals surface area (Å²) in [5.41, 5.74) is -0.567. The molecule has 5 heteroatoms. The lowest BCUT2D eigenvalue weighted by molar-refractivity contribution is 0.00578. The molecule has 22 heavy (non-hydrogen) atoms. The third kappa shape index (κ3) is 3.63. The molecule has 0 bridgehead atoms. The van der Waals surface area contributed by atoms with Crippen molar-refractivity contribution in [2.75, 3.05) is 6.61 Å². The first-order chi connectivity index (χ1) is 9.91. The Bertz CT molecular complexity index is 533. The zero-order valence-corrected chi connectivity index (χ0v) is 14.6. The van der Waals surface area contributed by atoms with Gasteiger partial charge in [-0.05, 0) is 51.3 Å². The van der Waals surface area contributed by atoms with Gasteiger partial charge >= 0.3 is 7.12 Å². The Labute approximate surface area is 133 Å². The SMILES string of the molecule is CC(C)(C)COc1ccc(F)c(B2OC(C)(C)C(C)(C)O2)c1. The number of hydrogen-bond donors (Lipinski definition) is 0. The minimum Gasteiger partial charge on any atom is -0.493 e. The molecule has 1 aromatic carbocycles. The Hall–Kier alpha value is -1.07. The second kappa shape index (κ2) is 5.53. The first-order valence-corrected chi connectivity index (χ1v) is 7.69. The molecule has 0 spiro atoms. The van der Waals surface area contributed by atoms with E-state index in [0.29, 0.717) is 17.8 Å². The molecule has 0 amide bonds. The van der Waals surface area contributed by atoms with Crippen molar-refractivity contribution >= 4 is 12.6 Å². The second-order valence-corrected chi connectivity index (χ2v) is 8.12. The molecule has 1 saturated heterocycles. The van der Waals surface area contributed by atoms with Crippen molar-refractivity contribution in [2.45, 2.75) is 59.7 Å². The zero-order chi connectivity index (χ0) is 16.8. The summed E-state index contributed by atoms with van der Waals surface area (Å²) < 4.78 is 31.8. The highest BCUT2D eigenvalue weighted by Crippen LogP contribution is 2.36. The lowest BCUT2D eigenvalue weighted by atomic mass is 9.78. The summed E-state index contributed by atoms with van der Waals surface area (Å²) >= 11 is 0. The van der Waals surface area contributed by atoms with Crippen LogP contribution >= 0.6 is 0 Å². The normalized spacial score (nSPS) is 20.3. The van der Waals surface area contributed by atoms with Crippen LogP contribution < -0.4 is 10.2 Å². The van der Waals surface area contributed by atoms with Crippen LogP contribution in [0.25, 0.3) is 0 Å². The Morgan fingerprint density at radius 1 is 1.09 bits per heavy atom. The Kier molecular flexibility index (Phi) is 4.35. The highest BCUT2D eigenvalue weighted by atomic mass is 19.1. The van der Waals surface area contributed by atoms with Crippen molar-refractivity contribution in [2.24, 2.45) is 5.41 Å². The third-order valence-electron chi connectivity index (χ3n) is 4.15. The van der Waals surface area contributed by atoms with Crippen LogP contribution in [0.3, 0.4) is 0 Å². The fourth-order valence-corrected chi connectivity index (χ4v) is 2.06. The maximum atomic E-state index is 14.2. The number of halogens is 1. The van der Waals surface area contributed by atoms with E-state index in [9.17, 15) is 4.39 Å². The van der Waals surface area contributed by atoms with Crippen LogP contribution in [0.2, 0.25) is 0 Å². The number of hydrogen-bond acceptors (Lipinski definition) is 3. The zero-order valence-electron chi connectivity index (χ0n) is 14.6. The number of ether oxygens (including phenoxy) is 1. The van der Waals surface area contributed by atoms with Crippen molar-refractivity contribution in [1.29, 1.82) is 0 Å². The molecule has 2 rings (SSSR count). The van der Waals surface area contributed by atoms with E-state index < -0.39 is 18.3 Å². The van der Waals surface area contributed by atoms with E-state index in [-0.39, 0.29) is 11.2 Å². The summed E-state index contributed by atoms with van der Waals surface area (Å²) in [6.45, 7) is 14.6. The first kappa shape index (κ1) is 17.3. The van der Waals surface area contributed by atoms with Crippen molar-refractivity contribution in [3.8, 4) is 5.75 Å². The maximum Gasteiger partial charge on any atom is 0.497 e. The maximum absolute atomic E-state index is 14.2. The van der Waals surface area contributed by atoms with Gasteiger partial charge in [0, 0.05) is 5.46 Å². The molecule has 3 nitrogen and oxygen atoms in total. The summed E-state index contributed by atoms with van der Waals surface area (Å²) in [5.74, 6) is 0.280. The fourth-order valence-electron chi connectivity index (χ4n) is 2.06. The molecule has 0 atom stereocenters. The van der Waals surface area contributed by atoms with Crippen molar-refractivity contribution in [3.63, 3.8) is 0 Å². The topological polar surface area (TPSA) is 27.7 Å². The minimum absolute atomic E-state index is 0.0406. The minimum atomic E-state index is -0.719. The molecule has 0 aromatic heterocycles. The van der Waals surface area contributed by atoms with Crippen LogP contribution in [0.1, 0.15) is 48.5 Å². The van der Waals surface area contributed by atoms with Gasteiger partial charge < -0.3 is 14.0 Å². The van der Waals surface area contributed by atoms with E-state index >= 15 is 0 Å². The predicted molar refractivity (Wildman–Crippen MR) is 87.1 cm³/mol.